The van der Waals surface area contributed by atoms with E-state index in [2.05, 4.69) is 115 Å². The molecule has 0 heterocycles. The molecule has 0 saturated heterocycles. The smallest absolute Gasteiger partial charge is 0.0135 e. The fraction of sp³-hybridized carbons (Fsp3) is 0.333. The van der Waals surface area contributed by atoms with Gasteiger partial charge in [0.15, 0.2) is 0 Å². The number of nitrogens with one attached hydrogen (secondary N) is 2. The van der Waals surface area contributed by atoms with Gasteiger partial charge in [-0.2, -0.15) is 0 Å². The molecule has 2 N–H and O–H groups in total. The Morgan fingerprint density at radius 3 is 1.06 bits per heavy atom. The Balaban J connectivity index is 0. The molecular weight excluding hydrogens is 388 g/mol. The highest BCUT2D eigenvalue weighted by Crippen LogP contribution is 2.13. The Bertz CT molecular complexity index is 692. The molecule has 176 valence electrons. The van der Waals surface area contributed by atoms with Gasteiger partial charge in [0.2, 0.25) is 0 Å². The minimum absolute atomic E-state index is 0.867. The lowest BCUT2D eigenvalue weighted by Gasteiger charge is -2.04. The fourth-order valence-electron chi connectivity index (χ4n) is 2.46. The molecule has 0 aliphatic rings. The minimum atomic E-state index is 0.867. The second-order valence-electron chi connectivity index (χ2n) is 7.65. The summed E-state index contributed by atoms with van der Waals surface area (Å²) in [5.41, 5.74) is 8.24. The first kappa shape index (κ1) is 31.5. The third-order valence-corrected chi connectivity index (χ3v) is 4.44. The summed E-state index contributed by atoms with van der Waals surface area (Å²) < 4.78 is 0. The van der Waals surface area contributed by atoms with Crippen LogP contribution in [0.4, 0.5) is 0 Å². The highest BCUT2D eigenvalue weighted by molar-refractivity contribution is 5.36. The van der Waals surface area contributed by atoms with Crippen LogP contribution >= 0.6 is 0 Å². The van der Waals surface area contributed by atoms with E-state index in [1.54, 1.807) is 0 Å². The molecule has 0 spiro atoms. The predicted molar refractivity (Wildman–Crippen MR) is 148 cm³/mol. The van der Waals surface area contributed by atoms with Gasteiger partial charge in [0.05, 0.1) is 0 Å². The van der Waals surface area contributed by atoms with Gasteiger partial charge < -0.3 is 10.6 Å². The molecule has 32 heavy (non-hydrogen) atoms. The normalized spacial score (nSPS) is 8.94. The van der Waals surface area contributed by atoms with Gasteiger partial charge in [-0.05, 0) is 58.2 Å². The SMILES string of the molecule is C=CCNCC=C.C=CCNCC=C.Cc1cc(C)c(C)c(C)c1.Cc1ccc(C)cc1. The molecule has 2 nitrogen and oxygen atoms in total. The topological polar surface area (TPSA) is 24.1 Å². The average Bonchev–Trinajstić information content (AvgIpc) is 2.76. The summed E-state index contributed by atoms with van der Waals surface area (Å²) in [6.07, 6.45) is 7.29. The zero-order chi connectivity index (χ0) is 24.8. The van der Waals surface area contributed by atoms with E-state index in [4.69, 9.17) is 0 Å². The summed E-state index contributed by atoms with van der Waals surface area (Å²) in [7, 11) is 0. The average molecular weight is 435 g/mol. The standard InChI is InChI=1S/C10H14.C8H10.2C6H11N/c1-7-5-8(2)10(4)9(3)6-7;1-7-3-5-8(2)6-4-7;2*1-3-5-7-6-4-2/h5-6H,1-4H3;3-6H,1-2H3;2*3-4,7H,1-2,5-6H2. The Morgan fingerprint density at radius 1 is 0.531 bits per heavy atom. The van der Waals surface area contributed by atoms with Gasteiger partial charge in [0, 0.05) is 26.2 Å². The molecule has 0 unspecified atom stereocenters. The molecule has 0 aliphatic heterocycles. The molecule has 2 aromatic carbocycles. The zero-order valence-electron chi connectivity index (χ0n) is 21.4. The summed E-state index contributed by atoms with van der Waals surface area (Å²) >= 11 is 0. The van der Waals surface area contributed by atoms with E-state index in [1.807, 2.05) is 24.3 Å². The first-order chi connectivity index (χ1) is 15.2. The Kier molecular flexibility index (Phi) is 21.2. The molecule has 0 aliphatic carbocycles. The number of aryl methyl sites for hydroxylation is 5. The number of hydrogen-bond donors (Lipinski definition) is 2. The predicted octanol–water partition coefficient (Wildman–Crippen LogP) is 7.12. The summed E-state index contributed by atoms with van der Waals surface area (Å²) in [4.78, 5) is 0. The molecular formula is C30H46N2. The number of rotatable bonds is 8. The van der Waals surface area contributed by atoms with Crippen molar-refractivity contribution >= 4 is 0 Å². The molecule has 2 rings (SSSR count). The van der Waals surface area contributed by atoms with Gasteiger partial charge in [0.25, 0.3) is 0 Å². The van der Waals surface area contributed by atoms with Crippen LogP contribution in [-0.2, 0) is 0 Å². The van der Waals surface area contributed by atoms with E-state index in [-0.39, 0.29) is 0 Å². The highest BCUT2D eigenvalue weighted by Gasteiger charge is 1.96. The van der Waals surface area contributed by atoms with Crippen molar-refractivity contribution in [2.24, 2.45) is 0 Å². The summed E-state index contributed by atoms with van der Waals surface area (Å²) in [6.45, 7) is 30.4. The Labute approximate surface area is 198 Å². The maximum Gasteiger partial charge on any atom is 0.0135 e. The molecule has 2 aromatic rings. The van der Waals surface area contributed by atoms with Crippen LogP contribution in [0.3, 0.4) is 0 Å². The molecule has 0 bridgehead atoms. The van der Waals surface area contributed by atoms with E-state index in [0.29, 0.717) is 0 Å². The van der Waals surface area contributed by atoms with Crippen molar-refractivity contribution in [2.45, 2.75) is 41.5 Å². The summed E-state index contributed by atoms with van der Waals surface area (Å²) in [5.74, 6) is 0. The Hall–Kier alpha value is -2.68. The molecule has 0 amide bonds. The molecule has 0 atom stereocenters. The lowest BCUT2D eigenvalue weighted by atomic mass is 10.0. The van der Waals surface area contributed by atoms with Crippen LogP contribution in [0, 0.1) is 41.5 Å². The van der Waals surface area contributed by atoms with E-state index in [0.717, 1.165) is 26.2 Å². The third kappa shape index (κ3) is 19.3. The molecule has 0 fully saturated rings. The monoisotopic (exact) mass is 434 g/mol. The van der Waals surface area contributed by atoms with Crippen molar-refractivity contribution in [3.05, 3.63) is 120 Å². The first-order valence-electron chi connectivity index (χ1n) is 11.2. The van der Waals surface area contributed by atoms with Gasteiger partial charge >= 0.3 is 0 Å². The minimum Gasteiger partial charge on any atom is -0.310 e. The fourth-order valence-corrected chi connectivity index (χ4v) is 2.46. The molecule has 0 saturated carbocycles. The van der Waals surface area contributed by atoms with Crippen molar-refractivity contribution in [1.82, 2.24) is 10.6 Å². The van der Waals surface area contributed by atoms with Gasteiger partial charge in [-0.25, -0.2) is 0 Å². The molecule has 0 radical (unpaired) electrons. The van der Waals surface area contributed by atoms with Crippen molar-refractivity contribution < 1.29 is 0 Å². The molecule has 0 aromatic heterocycles. The van der Waals surface area contributed by atoms with E-state index < -0.39 is 0 Å². The second kappa shape index (κ2) is 21.5. The largest absolute Gasteiger partial charge is 0.310 e. The first-order valence-corrected chi connectivity index (χ1v) is 11.2. The van der Waals surface area contributed by atoms with Crippen molar-refractivity contribution in [2.75, 3.05) is 26.2 Å². The van der Waals surface area contributed by atoms with Gasteiger partial charge in [0.1, 0.15) is 0 Å². The van der Waals surface area contributed by atoms with Crippen LogP contribution in [0.15, 0.2) is 87.0 Å². The van der Waals surface area contributed by atoms with E-state index in [9.17, 15) is 0 Å². The molecule has 2 heteroatoms. The maximum absolute atomic E-state index is 3.54. The van der Waals surface area contributed by atoms with Crippen molar-refractivity contribution in [3.8, 4) is 0 Å². The Morgan fingerprint density at radius 2 is 0.812 bits per heavy atom. The van der Waals surface area contributed by atoms with Crippen LogP contribution in [-0.4, -0.2) is 26.2 Å². The summed E-state index contributed by atoms with van der Waals surface area (Å²) in [5, 5.41) is 6.10. The number of benzene rings is 2. The van der Waals surface area contributed by atoms with Crippen LogP contribution in [0.25, 0.3) is 0 Å². The van der Waals surface area contributed by atoms with Gasteiger partial charge in [-0.1, -0.05) is 77.4 Å². The summed E-state index contributed by atoms with van der Waals surface area (Å²) in [6, 6.07) is 12.9. The quantitative estimate of drug-likeness (QED) is 0.341. The van der Waals surface area contributed by atoms with Crippen LogP contribution in [0.5, 0.6) is 0 Å². The number of hydrogen-bond acceptors (Lipinski definition) is 2. The lowest BCUT2D eigenvalue weighted by molar-refractivity contribution is 0.845. The van der Waals surface area contributed by atoms with E-state index in [1.165, 1.54) is 33.4 Å². The second-order valence-corrected chi connectivity index (χ2v) is 7.65. The van der Waals surface area contributed by atoms with Gasteiger partial charge in [-0.15, -0.1) is 26.3 Å². The van der Waals surface area contributed by atoms with Crippen LogP contribution < -0.4 is 10.6 Å². The van der Waals surface area contributed by atoms with E-state index >= 15 is 0 Å². The third-order valence-electron chi connectivity index (χ3n) is 4.44. The maximum atomic E-state index is 3.54. The highest BCUT2D eigenvalue weighted by atomic mass is 14.8. The van der Waals surface area contributed by atoms with Crippen LogP contribution in [0.2, 0.25) is 0 Å². The van der Waals surface area contributed by atoms with Crippen LogP contribution in [0.1, 0.15) is 33.4 Å². The lowest BCUT2D eigenvalue weighted by Crippen LogP contribution is -2.11. The van der Waals surface area contributed by atoms with Crippen molar-refractivity contribution in [3.63, 3.8) is 0 Å². The zero-order valence-corrected chi connectivity index (χ0v) is 21.4. The van der Waals surface area contributed by atoms with Gasteiger partial charge in [-0.3, -0.25) is 0 Å². The van der Waals surface area contributed by atoms with Crippen molar-refractivity contribution in [1.29, 1.82) is 0 Å².